The Labute approximate surface area is 230 Å². The molecule has 0 aromatic carbocycles. The number of carbonyl (C=O) groups excluding carboxylic acids is 4. The summed E-state index contributed by atoms with van der Waals surface area (Å²) in [5.74, 6) is -16.9. The molecule has 2 heterocycles. The second kappa shape index (κ2) is 8.99. The first-order valence-electron chi connectivity index (χ1n) is 19.8. The number of nitriles is 1. The fourth-order valence-electron chi connectivity index (χ4n) is 3.84. The van der Waals surface area contributed by atoms with E-state index in [0.717, 1.165) is 11.4 Å². The van der Waals surface area contributed by atoms with Gasteiger partial charge in [0.05, 0.1) is 8.81 Å². The number of hydrogen-bond donors (Lipinski definition) is 3. The van der Waals surface area contributed by atoms with Gasteiger partial charge in [0.25, 0.3) is 0 Å². The van der Waals surface area contributed by atoms with Crippen molar-refractivity contribution in [2.45, 2.75) is 71.4 Å². The van der Waals surface area contributed by atoms with Crippen molar-refractivity contribution in [3.8, 4) is 6.07 Å². The highest BCUT2D eigenvalue weighted by Crippen LogP contribution is 2.65. The van der Waals surface area contributed by atoms with Gasteiger partial charge in [-0.25, -0.2) is 0 Å². The summed E-state index contributed by atoms with van der Waals surface area (Å²) in [4.78, 5) is 53.0. The fourth-order valence-corrected chi connectivity index (χ4v) is 3.84. The van der Waals surface area contributed by atoms with Crippen LogP contribution in [0.25, 0.3) is 0 Å². The van der Waals surface area contributed by atoms with Gasteiger partial charge in [0, 0.05) is 43.6 Å². The predicted octanol–water partition coefficient (Wildman–Crippen LogP) is 1.10. The molecular weight excluding hydrogens is 467 g/mol. The van der Waals surface area contributed by atoms with E-state index in [1.807, 2.05) is 0 Å². The van der Waals surface area contributed by atoms with Crippen LogP contribution in [0.3, 0.4) is 0 Å². The molecule has 3 aliphatic rings. The highest BCUT2D eigenvalue weighted by Gasteiger charge is 2.70. The average Bonchev–Trinajstić information content (AvgIpc) is 3.46. The summed E-state index contributed by atoms with van der Waals surface area (Å²) in [7, 11) is 0. The maximum absolute atomic E-state index is 14.4. The van der Waals surface area contributed by atoms with Crippen LogP contribution in [-0.2, 0) is 19.2 Å². The van der Waals surface area contributed by atoms with E-state index in [2.05, 4.69) is 0 Å². The first-order chi connectivity index (χ1) is 24.0. The summed E-state index contributed by atoms with van der Waals surface area (Å²) in [6, 6.07) is -10.0. The maximum Gasteiger partial charge on any atom is 0.471 e. The summed E-state index contributed by atoms with van der Waals surface area (Å²) >= 11 is 0. The third kappa shape index (κ3) is 5.23. The maximum atomic E-state index is 14.4. The van der Waals surface area contributed by atoms with Crippen LogP contribution in [0.4, 0.5) is 13.2 Å². The highest BCUT2D eigenvalue weighted by atomic mass is 19.4. The highest BCUT2D eigenvalue weighted by molar-refractivity contribution is 5.95. The van der Waals surface area contributed by atoms with E-state index in [4.69, 9.17) is 26.0 Å². The minimum atomic E-state index is -6.10. The van der Waals surface area contributed by atoms with E-state index in [0.29, 0.717) is 0 Å². The Morgan fingerprint density at radius 2 is 2.06 bits per heavy atom. The summed E-state index contributed by atoms with van der Waals surface area (Å²) in [6.45, 7) is -25.2. The van der Waals surface area contributed by atoms with Crippen molar-refractivity contribution in [3.05, 3.63) is 0 Å². The van der Waals surface area contributed by atoms with E-state index in [9.17, 15) is 39.0 Å². The number of nitrogens with one attached hydrogen (secondary N) is 3. The summed E-state index contributed by atoms with van der Waals surface area (Å²) in [5, 5.41) is 13.9. The number of hydrogen-bond acceptors (Lipinski definition) is 5. The van der Waals surface area contributed by atoms with Gasteiger partial charge < -0.3 is 20.9 Å². The molecule has 0 unspecified atom stereocenters. The largest absolute Gasteiger partial charge is 0.471 e. The Morgan fingerprint density at radius 1 is 1.37 bits per heavy atom. The van der Waals surface area contributed by atoms with Crippen molar-refractivity contribution in [3.63, 3.8) is 0 Å². The molecule has 3 fully saturated rings. The lowest BCUT2D eigenvalue weighted by molar-refractivity contribution is -0.176. The lowest BCUT2D eigenvalue weighted by Crippen LogP contribution is -2.61. The monoisotopic (exact) mass is 519 g/mol. The molecule has 194 valence electrons. The Kier molecular flexibility index (Phi) is 2.73. The topological polar surface area (TPSA) is 131 Å². The van der Waals surface area contributed by atoms with Crippen LogP contribution in [0.5, 0.6) is 0 Å². The summed E-state index contributed by atoms with van der Waals surface area (Å²) in [6.07, 6.45) is -8.60. The Balaban J connectivity index is 2.37. The Bertz CT molecular complexity index is 1620. The average molecular weight is 520 g/mol. The minimum Gasteiger partial charge on any atom is -0.356 e. The number of likely N-dealkylation sites (tertiary alicyclic amines) is 1. The zero-order valence-corrected chi connectivity index (χ0v) is 17.5. The molecule has 6 atom stereocenters. The molecule has 2 aliphatic heterocycles. The molecule has 1 saturated carbocycles. The molecule has 35 heavy (non-hydrogen) atoms. The fraction of sp³-hybridized carbons (Fsp3) is 0.783. The summed E-state index contributed by atoms with van der Waals surface area (Å²) in [5.41, 5.74) is -7.90. The first kappa shape index (κ1) is 10.6. The molecule has 9 nitrogen and oxygen atoms in total. The predicted molar refractivity (Wildman–Crippen MR) is 117 cm³/mol. The summed E-state index contributed by atoms with van der Waals surface area (Å²) < 4.78 is 202. The number of halogens is 3. The molecule has 3 rings (SSSR count). The van der Waals surface area contributed by atoms with Crippen LogP contribution in [0.1, 0.15) is 74.5 Å². The first-order valence-corrected chi connectivity index (χ1v) is 9.76. The number of carbonyl (C=O) groups is 4. The molecule has 0 spiro atoms. The third-order valence-corrected chi connectivity index (χ3v) is 5.66. The van der Waals surface area contributed by atoms with Gasteiger partial charge >= 0.3 is 12.1 Å². The van der Waals surface area contributed by atoms with E-state index in [-0.39, 0.29) is 4.90 Å². The zero-order chi connectivity index (χ0) is 43.6. The molecule has 0 bridgehead atoms. The van der Waals surface area contributed by atoms with Crippen LogP contribution in [0.2, 0.25) is 0 Å². The van der Waals surface area contributed by atoms with Gasteiger partial charge in [0.15, 0.2) is 0 Å². The molecule has 0 aromatic rings. The lowest BCUT2D eigenvalue weighted by Gasteiger charge is -2.37. The van der Waals surface area contributed by atoms with Gasteiger partial charge in [0.2, 0.25) is 17.7 Å². The Hall–Kier alpha value is -2.84. The number of alkyl halides is 3. The van der Waals surface area contributed by atoms with E-state index >= 15 is 0 Å². The second-order valence-corrected chi connectivity index (χ2v) is 8.13. The normalized spacial score (nSPS) is 45.7. The van der Waals surface area contributed by atoms with E-state index < -0.39 is 137 Å². The molecule has 1 aliphatic carbocycles. The van der Waals surface area contributed by atoms with Crippen LogP contribution in [0.15, 0.2) is 0 Å². The molecule has 4 amide bonds. The van der Waals surface area contributed by atoms with Gasteiger partial charge in [-0.2, -0.15) is 18.4 Å². The van der Waals surface area contributed by atoms with Gasteiger partial charge in [-0.1, -0.05) is 34.3 Å². The van der Waals surface area contributed by atoms with Crippen LogP contribution < -0.4 is 16.0 Å². The third-order valence-electron chi connectivity index (χ3n) is 5.66. The quantitative estimate of drug-likeness (QED) is 0.484. The van der Waals surface area contributed by atoms with Crippen molar-refractivity contribution in [1.82, 2.24) is 20.9 Å². The number of amides is 4. The van der Waals surface area contributed by atoms with Crippen molar-refractivity contribution in [2.75, 3.05) is 13.0 Å². The van der Waals surface area contributed by atoms with Crippen molar-refractivity contribution in [2.24, 2.45) is 28.6 Å². The standard InChI is InChI=1S/C23H32F3N5O4/c1-21(2,3)16(30-20(35)23(24,25)26)19(34)31-10-13-14(22(13,4)5)15(31)18(33)29-12(9-27)8-11-6-7-28-17(11)32/h11-16H,6-8,10H2,1-5H3,(H,28,32)(H,29,33)(H,30,35)/t11-,12-,13-,14-,15-,16+/m0/s1/i1D3,2D3,3D3,4D3,5D3,7D2,11D,12D,15D. The van der Waals surface area contributed by atoms with Crippen molar-refractivity contribution < 1.29 is 59.8 Å². The zero-order valence-electron chi connectivity index (χ0n) is 37.5. The molecule has 3 N–H and O–H groups in total. The number of fused-ring (bicyclic) bond motifs is 1. The van der Waals surface area contributed by atoms with Crippen LogP contribution in [0, 0.1) is 39.9 Å². The molecule has 0 radical (unpaired) electrons. The van der Waals surface area contributed by atoms with Crippen molar-refractivity contribution >= 4 is 23.6 Å². The SMILES string of the molecule is [2H]C1([2H])C[C@@]([2H])(C[C@@]([2H])(C#N)NC(=O)[C@]2([2H])[C@@H]3[C@H](CN2C(=O)[C@@H](NC(=O)C(F)(F)F)C(C([2H])([2H])[2H])(C([2H])([2H])[2H])C([2H])([2H])[2H])C3(C([2H])([2H])[2H])C([2H])([2H])[2H])C(=O)N1. The van der Waals surface area contributed by atoms with Gasteiger partial charge in [-0.15, -0.1) is 0 Å². The van der Waals surface area contributed by atoms with Crippen molar-refractivity contribution in [1.29, 1.82) is 5.26 Å². The molecule has 2 saturated heterocycles. The Morgan fingerprint density at radius 3 is 2.57 bits per heavy atom. The molecule has 12 heteroatoms. The second-order valence-electron chi connectivity index (χ2n) is 8.13. The number of rotatable bonds is 6. The van der Waals surface area contributed by atoms with Crippen LogP contribution >= 0.6 is 0 Å². The minimum absolute atomic E-state index is 0.359. The van der Waals surface area contributed by atoms with E-state index in [1.165, 1.54) is 5.32 Å². The molecular formula is C23H32F3N5O4. The van der Waals surface area contributed by atoms with Gasteiger partial charge in [-0.05, 0) is 35.5 Å². The smallest absolute Gasteiger partial charge is 0.356 e. The van der Waals surface area contributed by atoms with Crippen LogP contribution in [-0.4, -0.2) is 65.8 Å². The van der Waals surface area contributed by atoms with E-state index in [1.54, 1.807) is 5.32 Å². The number of piperidine rings is 1. The molecule has 0 aromatic heterocycles. The van der Waals surface area contributed by atoms with Gasteiger partial charge in [-0.3, -0.25) is 19.2 Å². The number of nitrogens with zero attached hydrogens (tertiary/aromatic N) is 2. The lowest BCUT2D eigenvalue weighted by atomic mass is 9.85. The van der Waals surface area contributed by atoms with Gasteiger partial charge in [0.1, 0.15) is 18.1 Å².